The molecule has 5 nitrogen and oxygen atoms in total. The molecule has 0 bridgehead atoms. The highest BCUT2D eigenvalue weighted by atomic mass is 16.5. The van der Waals surface area contributed by atoms with Gasteiger partial charge in [0.05, 0.1) is 0 Å². The Bertz CT molecular complexity index is 831. The molecule has 0 radical (unpaired) electrons. The Morgan fingerprint density at radius 2 is 1.73 bits per heavy atom. The van der Waals surface area contributed by atoms with Crippen LogP contribution in [0.2, 0.25) is 0 Å². The van der Waals surface area contributed by atoms with E-state index in [-0.39, 0.29) is 24.5 Å². The number of para-hydroxylation sites is 1. The summed E-state index contributed by atoms with van der Waals surface area (Å²) in [5.41, 5.74) is 2.14. The third kappa shape index (κ3) is 5.85. The van der Waals surface area contributed by atoms with Crippen LogP contribution < -0.4 is 10.1 Å². The van der Waals surface area contributed by atoms with Crippen LogP contribution in [0, 0.1) is 6.92 Å². The Balaban J connectivity index is 1.76. The number of hydrogen-bond donors (Lipinski definition) is 1. The number of hydrogen-bond acceptors (Lipinski definition) is 3. The average Bonchev–Trinajstić information content (AvgIpc) is 3.27. The zero-order valence-corrected chi connectivity index (χ0v) is 18.0. The second kappa shape index (κ2) is 10.8. The van der Waals surface area contributed by atoms with Crippen LogP contribution in [0.1, 0.15) is 50.2 Å². The topological polar surface area (TPSA) is 58.6 Å². The van der Waals surface area contributed by atoms with Gasteiger partial charge in [0.1, 0.15) is 11.8 Å². The predicted molar refractivity (Wildman–Crippen MR) is 118 cm³/mol. The summed E-state index contributed by atoms with van der Waals surface area (Å²) in [6, 6.07) is 17.0. The quantitative estimate of drug-likeness (QED) is 0.675. The van der Waals surface area contributed by atoms with Crippen molar-refractivity contribution in [2.24, 2.45) is 0 Å². The first kappa shape index (κ1) is 21.9. The average molecular weight is 409 g/mol. The molecule has 0 aromatic heterocycles. The summed E-state index contributed by atoms with van der Waals surface area (Å²) >= 11 is 0. The first-order valence-corrected chi connectivity index (χ1v) is 10.9. The summed E-state index contributed by atoms with van der Waals surface area (Å²) in [6.07, 6.45) is 4.90. The zero-order chi connectivity index (χ0) is 21.3. The molecular formula is C25H32N2O3. The van der Waals surface area contributed by atoms with Crippen molar-refractivity contribution in [1.29, 1.82) is 0 Å². The highest BCUT2D eigenvalue weighted by Crippen LogP contribution is 2.20. The molecule has 0 heterocycles. The van der Waals surface area contributed by atoms with Crippen LogP contribution >= 0.6 is 0 Å². The van der Waals surface area contributed by atoms with E-state index < -0.39 is 6.04 Å². The van der Waals surface area contributed by atoms with Crippen molar-refractivity contribution < 1.29 is 14.3 Å². The summed E-state index contributed by atoms with van der Waals surface area (Å²) in [5, 5.41) is 3.17. The van der Waals surface area contributed by atoms with Crippen LogP contribution in [-0.2, 0) is 16.1 Å². The molecule has 0 saturated heterocycles. The molecule has 2 aromatic carbocycles. The molecule has 0 spiro atoms. The fourth-order valence-corrected chi connectivity index (χ4v) is 4.00. The lowest BCUT2D eigenvalue weighted by atomic mass is 10.1. The second-order valence-corrected chi connectivity index (χ2v) is 7.96. The van der Waals surface area contributed by atoms with E-state index in [9.17, 15) is 9.59 Å². The molecule has 1 fully saturated rings. The number of ether oxygens (including phenoxy) is 1. The number of aryl methyl sites for hydroxylation is 1. The van der Waals surface area contributed by atoms with Gasteiger partial charge in [-0.15, -0.1) is 0 Å². The van der Waals surface area contributed by atoms with Crippen LogP contribution in [-0.4, -0.2) is 35.4 Å². The Labute approximate surface area is 179 Å². The van der Waals surface area contributed by atoms with Crippen molar-refractivity contribution in [3.05, 3.63) is 65.7 Å². The maximum atomic E-state index is 13.2. The number of rotatable bonds is 9. The van der Waals surface area contributed by atoms with Crippen molar-refractivity contribution in [3.63, 3.8) is 0 Å². The van der Waals surface area contributed by atoms with Gasteiger partial charge in [-0.3, -0.25) is 9.59 Å². The summed E-state index contributed by atoms with van der Waals surface area (Å²) in [7, 11) is 0. The van der Waals surface area contributed by atoms with Gasteiger partial charge in [-0.25, -0.2) is 0 Å². The van der Waals surface area contributed by atoms with E-state index >= 15 is 0 Å². The largest absolute Gasteiger partial charge is 0.484 e. The zero-order valence-electron chi connectivity index (χ0n) is 18.0. The molecule has 30 heavy (non-hydrogen) atoms. The van der Waals surface area contributed by atoms with E-state index in [2.05, 4.69) is 5.32 Å². The van der Waals surface area contributed by atoms with Crippen LogP contribution in [0.4, 0.5) is 0 Å². The van der Waals surface area contributed by atoms with Gasteiger partial charge in [-0.2, -0.15) is 0 Å². The fourth-order valence-electron chi connectivity index (χ4n) is 4.00. The number of nitrogens with one attached hydrogen (secondary N) is 1. The van der Waals surface area contributed by atoms with E-state index in [1.54, 1.807) is 4.90 Å². The molecule has 5 heteroatoms. The van der Waals surface area contributed by atoms with Crippen molar-refractivity contribution in [2.45, 2.75) is 64.6 Å². The molecule has 1 aliphatic carbocycles. The van der Waals surface area contributed by atoms with E-state index in [1.807, 2.05) is 68.4 Å². The molecule has 2 aromatic rings. The van der Waals surface area contributed by atoms with Crippen molar-refractivity contribution in [2.75, 3.05) is 6.61 Å². The normalized spacial score (nSPS) is 14.9. The van der Waals surface area contributed by atoms with E-state index in [4.69, 9.17) is 4.74 Å². The molecule has 1 N–H and O–H groups in total. The third-order valence-corrected chi connectivity index (χ3v) is 5.79. The lowest BCUT2D eigenvalue weighted by Crippen LogP contribution is -2.52. The smallest absolute Gasteiger partial charge is 0.261 e. The minimum absolute atomic E-state index is 0.0638. The minimum Gasteiger partial charge on any atom is -0.484 e. The molecular weight excluding hydrogens is 376 g/mol. The second-order valence-electron chi connectivity index (χ2n) is 7.96. The highest BCUT2D eigenvalue weighted by molar-refractivity contribution is 5.88. The van der Waals surface area contributed by atoms with E-state index in [1.165, 1.54) is 0 Å². The van der Waals surface area contributed by atoms with Crippen LogP contribution in [0.3, 0.4) is 0 Å². The minimum atomic E-state index is -0.517. The maximum Gasteiger partial charge on any atom is 0.261 e. The van der Waals surface area contributed by atoms with Crippen molar-refractivity contribution in [1.82, 2.24) is 10.2 Å². The molecule has 2 amide bonds. The van der Waals surface area contributed by atoms with Gasteiger partial charge in [0.2, 0.25) is 5.91 Å². The molecule has 1 atom stereocenters. The standard InChI is InChI=1S/C25H32N2O3/c1-3-23(25(29)26-21-13-9-10-14-21)27(17-20-12-8-7-11-19(20)2)24(28)18-30-22-15-5-4-6-16-22/h4-8,11-12,15-16,21,23H,3,9-10,13-14,17-18H2,1-2H3,(H,26,29)/t23-/m0/s1. The van der Waals surface area contributed by atoms with Gasteiger partial charge in [-0.1, -0.05) is 62.2 Å². The van der Waals surface area contributed by atoms with Gasteiger partial charge >= 0.3 is 0 Å². The fraction of sp³-hybridized carbons (Fsp3) is 0.440. The number of amides is 2. The van der Waals surface area contributed by atoms with Crippen molar-refractivity contribution >= 4 is 11.8 Å². The Morgan fingerprint density at radius 3 is 2.40 bits per heavy atom. The van der Waals surface area contributed by atoms with E-state index in [0.29, 0.717) is 18.7 Å². The number of benzene rings is 2. The molecule has 0 aliphatic heterocycles. The number of carbonyl (C=O) groups excluding carboxylic acids is 2. The Kier molecular flexibility index (Phi) is 7.89. The molecule has 160 valence electrons. The van der Waals surface area contributed by atoms with Crippen LogP contribution in [0.5, 0.6) is 5.75 Å². The summed E-state index contributed by atoms with van der Waals surface area (Å²) in [5.74, 6) is 0.395. The molecule has 3 rings (SSSR count). The van der Waals surface area contributed by atoms with Crippen LogP contribution in [0.25, 0.3) is 0 Å². The lowest BCUT2D eigenvalue weighted by molar-refractivity contribution is -0.143. The first-order valence-electron chi connectivity index (χ1n) is 10.9. The summed E-state index contributed by atoms with van der Waals surface area (Å²) in [6.45, 7) is 4.27. The molecule has 0 unspecified atom stereocenters. The predicted octanol–water partition coefficient (Wildman–Crippen LogP) is 4.24. The van der Waals surface area contributed by atoms with Gasteiger partial charge in [0.15, 0.2) is 6.61 Å². The summed E-state index contributed by atoms with van der Waals surface area (Å²) < 4.78 is 5.70. The van der Waals surface area contributed by atoms with Gasteiger partial charge in [-0.05, 0) is 49.4 Å². The first-order chi connectivity index (χ1) is 14.6. The molecule has 1 aliphatic rings. The summed E-state index contributed by atoms with van der Waals surface area (Å²) in [4.78, 5) is 28.0. The van der Waals surface area contributed by atoms with Gasteiger partial charge < -0.3 is 15.0 Å². The Hall–Kier alpha value is -2.82. The van der Waals surface area contributed by atoms with Crippen LogP contribution in [0.15, 0.2) is 54.6 Å². The lowest BCUT2D eigenvalue weighted by Gasteiger charge is -2.31. The maximum absolute atomic E-state index is 13.2. The third-order valence-electron chi connectivity index (χ3n) is 5.79. The van der Waals surface area contributed by atoms with Gasteiger partial charge in [0, 0.05) is 12.6 Å². The Morgan fingerprint density at radius 1 is 1.07 bits per heavy atom. The van der Waals surface area contributed by atoms with Gasteiger partial charge in [0.25, 0.3) is 5.91 Å². The monoisotopic (exact) mass is 408 g/mol. The van der Waals surface area contributed by atoms with E-state index in [0.717, 1.165) is 36.8 Å². The highest BCUT2D eigenvalue weighted by Gasteiger charge is 2.31. The molecule has 1 saturated carbocycles. The van der Waals surface area contributed by atoms with Crippen molar-refractivity contribution in [3.8, 4) is 5.75 Å². The number of nitrogens with zero attached hydrogens (tertiary/aromatic N) is 1. The number of carbonyl (C=O) groups is 2. The SMILES string of the molecule is CC[C@@H](C(=O)NC1CCCC1)N(Cc1ccccc1C)C(=O)COc1ccccc1.